The normalized spacial score (nSPS) is 16.9. The summed E-state index contributed by atoms with van der Waals surface area (Å²) in [5.41, 5.74) is 1.10. The molecular formula is C14H16ClNOS. The first-order chi connectivity index (χ1) is 8.65. The number of amides is 1. The maximum absolute atomic E-state index is 11.3. The van der Waals surface area contributed by atoms with Crippen molar-refractivity contribution < 1.29 is 4.79 Å². The van der Waals surface area contributed by atoms with E-state index in [-0.39, 0.29) is 22.8 Å². The number of hydrogen-bond donors (Lipinski definition) is 2. The summed E-state index contributed by atoms with van der Waals surface area (Å²) in [4.78, 5) is 11.3. The van der Waals surface area contributed by atoms with Crippen molar-refractivity contribution in [2.24, 2.45) is 0 Å². The molecule has 4 heteroatoms. The Morgan fingerprint density at radius 1 is 1.28 bits per heavy atom. The van der Waals surface area contributed by atoms with Crippen LogP contribution in [0, 0.1) is 0 Å². The van der Waals surface area contributed by atoms with Crippen molar-refractivity contribution in [2.75, 3.05) is 5.75 Å². The second kappa shape index (κ2) is 6.12. The molecule has 0 aliphatic carbocycles. The number of carbonyl (C=O) groups excluding carboxylic acids is 1. The van der Waals surface area contributed by atoms with Gasteiger partial charge < -0.3 is 5.32 Å². The van der Waals surface area contributed by atoms with Crippen LogP contribution in [0.4, 0.5) is 0 Å². The molecule has 1 N–H and O–H groups in total. The quantitative estimate of drug-likeness (QED) is 0.812. The fraction of sp³-hybridized carbons (Fsp3) is 0.214. The number of hydrogen-bond acceptors (Lipinski definition) is 1. The largest absolute Gasteiger partial charge is 0.349 e. The molecule has 0 spiro atoms. The van der Waals surface area contributed by atoms with Crippen molar-refractivity contribution in [3.05, 3.63) is 57.8 Å². The Bertz CT molecular complexity index is 469. The molecule has 18 heavy (non-hydrogen) atoms. The lowest BCUT2D eigenvalue weighted by molar-refractivity contribution is -0.119. The van der Waals surface area contributed by atoms with E-state index in [1.807, 2.05) is 24.3 Å². The summed E-state index contributed by atoms with van der Waals surface area (Å²) in [5, 5.41) is 8.14. The van der Waals surface area contributed by atoms with Crippen LogP contribution in [0.1, 0.15) is 18.5 Å². The first-order valence-corrected chi connectivity index (χ1v) is 7.83. The molecule has 1 aliphatic rings. The van der Waals surface area contributed by atoms with Crippen LogP contribution in [0.25, 0.3) is 0 Å². The Hall–Kier alpha value is -1.19. The SMILES string of the molecule is CC(=O)NC(C[SH]1C=CC=C1)c1ccc(Cl)cc1. The topological polar surface area (TPSA) is 29.1 Å². The monoisotopic (exact) mass is 281 g/mol. The Labute approximate surface area is 115 Å². The standard InChI is InChI=1S/C14H16ClNOS/c1-11(17)16-14(10-18-8-2-3-9-18)12-4-6-13(15)7-5-12/h2-9,14,18H,10H2,1H3,(H,16,17). The van der Waals surface area contributed by atoms with E-state index in [9.17, 15) is 4.79 Å². The Morgan fingerprint density at radius 3 is 2.44 bits per heavy atom. The molecule has 0 fully saturated rings. The lowest BCUT2D eigenvalue weighted by Gasteiger charge is -2.22. The van der Waals surface area contributed by atoms with E-state index in [4.69, 9.17) is 11.6 Å². The summed E-state index contributed by atoms with van der Waals surface area (Å²) in [6.45, 7) is 1.55. The highest BCUT2D eigenvalue weighted by molar-refractivity contribution is 8.22. The summed E-state index contributed by atoms with van der Waals surface area (Å²) >= 11 is 5.89. The van der Waals surface area contributed by atoms with Gasteiger partial charge in [-0.3, -0.25) is 4.79 Å². The van der Waals surface area contributed by atoms with Gasteiger partial charge in [0.25, 0.3) is 0 Å². The number of allylic oxidation sites excluding steroid dienone is 2. The van der Waals surface area contributed by atoms with Gasteiger partial charge in [0.2, 0.25) is 5.91 Å². The van der Waals surface area contributed by atoms with Crippen molar-refractivity contribution in [3.63, 3.8) is 0 Å². The van der Waals surface area contributed by atoms with Gasteiger partial charge in [0.15, 0.2) is 0 Å². The van der Waals surface area contributed by atoms with Crippen LogP contribution >= 0.6 is 22.5 Å². The minimum atomic E-state index is -0.255. The van der Waals surface area contributed by atoms with Gasteiger partial charge in [0.1, 0.15) is 0 Å². The molecule has 1 aromatic rings. The third-order valence-corrected chi connectivity index (χ3v) is 4.86. The van der Waals surface area contributed by atoms with Gasteiger partial charge in [-0.05, 0) is 28.5 Å². The molecule has 1 atom stereocenters. The second-order valence-electron chi connectivity index (χ2n) is 4.18. The van der Waals surface area contributed by atoms with Crippen molar-refractivity contribution in [2.45, 2.75) is 13.0 Å². The molecule has 1 aromatic carbocycles. The predicted octanol–water partition coefficient (Wildman–Crippen LogP) is 3.56. The summed E-state index contributed by atoms with van der Waals surface area (Å²) in [6, 6.07) is 7.72. The Morgan fingerprint density at radius 2 is 1.89 bits per heavy atom. The first-order valence-electron chi connectivity index (χ1n) is 5.78. The van der Waals surface area contributed by atoms with Gasteiger partial charge in [-0.1, -0.05) is 35.9 Å². The fourth-order valence-corrected chi connectivity index (χ4v) is 3.71. The molecule has 1 unspecified atom stereocenters. The van der Waals surface area contributed by atoms with Crippen LogP contribution in [0.2, 0.25) is 5.02 Å². The highest BCUT2D eigenvalue weighted by Gasteiger charge is 2.15. The van der Waals surface area contributed by atoms with E-state index in [0.29, 0.717) is 5.02 Å². The van der Waals surface area contributed by atoms with E-state index in [2.05, 4.69) is 28.3 Å². The smallest absolute Gasteiger partial charge is 0.217 e. The molecule has 0 saturated carbocycles. The van der Waals surface area contributed by atoms with Crippen LogP contribution in [0.15, 0.2) is 47.2 Å². The number of carbonyl (C=O) groups is 1. The molecule has 0 aromatic heterocycles. The van der Waals surface area contributed by atoms with E-state index in [1.54, 1.807) is 6.92 Å². The average Bonchev–Trinajstić information content (AvgIpc) is 2.81. The van der Waals surface area contributed by atoms with Crippen molar-refractivity contribution in [3.8, 4) is 0 Å². The van der Waals surface area contributed by atoms with Crippen molar-refractivity contribution in [1.29, 1.82) is 0 Å². The van der Waals surface area contributed by atoms with Crippen LogP contribution in [-0.2, 0) is 4.79 Å². The number of nitrogens with one attached hydrogen (secondary N) is 1. The van der Waals surface area contributed by atoms with Crippen LogP contribution in [0.5, 0.6) is 0 Å². The zero-order valence-corrected chi connectivity index (χ0v) is 11.8. The first kappa shape index (κ1) is 13.2. The third kappa shape index (κ3) is 3.65. The molecule has 0 bridgehead atoms. The molecule has 0 radical (unpaired) electrons. The molecular weight excluding hydrogens is 266 g/mol. The van der Waals surface area contributed by atoms with Crippen molar-refractivity contribution >= 4 is 28.4 Å². The van der Waals surface area contributed by atoms with E-state index in [0.717, 1.165) is 11.3 Å². The van der Waals surface area contributed by atoms with E-state index < -0.39 is 0 Å². The van der Waals surface area contributed by atoms with Crippen LogP contribution in [0.3, 0.4) is 0 Å². The highest BCUT2D eigenvalue weighted by Crippen LogP contribution is 2.37. The Balaban J connectivity index is 2.13. The molecule has 0 saturated heterocycles. The van der Waals surface area contributed by atoms with E-state index >= 15 is 0 Å². The number of halogens is 1. The van der Waals surface area contributed by atoms with Gasteiger partial charge in [-0.15, -0.1) is 0 Å². The minimum Gasteiger partial charge on any atom is -0.349 e. The van der Waals surface area contributed by atoms with Gasteiger partial charge in [-0.25, -0.2) is 10.9 Å². The molecule has 2 nitrogen and oxygen atoms in total. The Kier molecular flexibility index (Phi) is 4.50. The van der Waals surface area contributed by atoms with Gasteiger partial charge in [-0.2, -0.15) is 0 Å². The zero-order chi connectivity index (χ0) is 13.0. The van der Waals surface area contributed by atoms with Gasteiger partial charge >= 0.3 is 0 Å². The van der Waals surface area contributed by atoms with Crippen molar-refractivity contribution in [1.82, 2.24) is 5.32 Å². The zero-order valence-electron chi connectivity index (χ0n) is 10.1. The minimum absolute atomic E-state index is 0.00268. The number of benzene rings is 1. The number of rotatable bonds is 4. The molecule has 96 valence electrons. The molecule has 1 amide bonds. The fourth-order valence-electron chi connectivity index (χ4n) is 1.88. The summed E-state index contributed by atoms with van der Waals surface area (Å²) in [7, 11) is -0.255. The lowest BCUT2D eigenvalue weighted by Crippen LogP contribution is -2.28. The second-order valence-corrected chi connectivity index (χ2v) is 6.61. The van der Waals surface area contributed by atoms with Gasteiger partial charge in [0, 0.05) is 17.7 Å². The highest BCUT2D eigenvalue weighted by atomic mass is 35.5. The maximum atomic E-state index is 11.3. The predicted molar refractivity (Wildman–Crippen MR) is 80.1 cm³/mol. The maximum Gasteiger partial charge on any atom is 0.217 e. The van der Waals surface area contributed by atoms with E-state index in [1.165, 1.54) is 0 Å². The molecule has 2 rings (SSSR count). The summed E-state index contributed by atoms with van der Waals surface area (Å²) in [5.74, 6) is 0.931. The third-order valence-electron chi connectivity index (χ3n) is 2.71. The average molecular weight is 282 g/mol. The molecule has 1 aliphatic heterocycles. The molecule has 1 heterocycles. The number of thiol groups is 1. The lowest BCUT2D eigenvalue weighted by atomic mass is 10.1. The summed E-state index contributed by atoms with van der Waals surface area (Å²) in [6.07, 6.45) is 4.14. The van der Waals surface area contributed by atoms with Gasteiger partial charge in [0.05, 0.1) is 6.04 Å². The van der Waals surface area contributed by atoms with Crippen LogP contribution < -0.4 is 5.32 Å². The van der Waals surface area contributed by atoms with Crippen LogP contribution in [-0.4, -0.2) is 11.7 Å². The summed E-state index contributed by atoms with van der Waals surface area (Å²) < 4.78 is 0.